The van der Waals surface area contributed by atoms with E-state index in [0.29, 0.717) is 56.4 Å². The fourth-order valence-corrected chi connectivity index (χ4v) is 9.67. The van der Waals surface area contributed by atoms with Gasteiger partial charge in [-0.2, -0.15) is 5.26 Å². The number of likely N-dealkylation sites (tertiary alicyclic amines) is 2. The third-order valence-corrected chi connectivity index (χ3v) is 12.7. The van der Waals surface area contributed by atoms with Gasteiger partial charge in [-0.1, -0.05) is 61.0 Å². The Morgan fingerprint density at radius 3 is 2.58 bits per heavy atom. The smallest absolute Gasteiger partial charge is 0.307 e. The van der Waals surface area contributed by atoms with Gasteiger partial charge in [-0.05, 0) is 65.9 Å². The number of carbonyl (C=O) groups is 1. The van der Waals surface area contributed by atoms with Crippen molar-refractivity contribution < 1.29 is 19.7 Å². The van der Waals surface area contributed by atoms with E-state index in [1.807, 2.05) is 42.6 Å². The molecule has 3 N–H and O–H groups in total. The van der Waals surface area contributed by atoms with E-state index in [9.17, 15) is 20.3 Å². The number of fused-ring (bicyclic) bond motifs is 1. The van der Waals surface area contributed by atoms with Gasteiger partial charge in [0.25, 0.3) is 0 Å². The summed E-state index contributed by atoms with van der Waals surface area (Å²) in [4.78, 5) is 26.3. The van der Waals surface area contributed by atoms with Gasteiger partial charge >= 0.3 is 5.97 Å². The number of hydrogen-bond acceptors (Lipinski definition) is 10. The number of aliphatic carboxylic acids is 1. The molecule has 0 spiro atoms. The van der Waals surface area contributed by atoms with Crippen LogP contribution in [0.2, 0.25) is 5.02 Å². The average molecular weight is 737 g/mol. The van der Waals surface area contributed by atoms with E-state index >= 15 is 0 Å². The van der Waals surface area contributed by atoms with E-state index in [0.717, 1.165) is 62.7 Å². The lowest BCUT2D eigenvalue weighted by Gasteiger charge is -2.50. The second-order valence-electron chi connectivity index (χ2n) is 14.7. The number of hydrogen-bond donors (Lipinski definition) is 3. The molecule has 2 aromatic heterocycles. The first-order chi connectivity index (χ1) is 25.2. The fourth-order valence-electron chi connectivity index (χ4n) is 8.20. The number of halogens is 1. The highest BCUT2D eigenvalue weighted by Gasteiger charge is 2.52. The monoisotopic (exact) mass is 736 g/mol. The molecule has 8 rings (SSSR count). The van der Waals surface area contributed by atoms with E-state index in [2.05, 4.69) is 58.5 Å². The molecule has 0 radical (unpaired) electrons. The normalized spacial score (nSPS) is 26.0. The highest BCUT2D eigenvalue weighted by Crippen LogP contribution is 2.49. The Morgan fingerprint density at radius 2 is 1.90 bits per heavy atom. The summed E-state index contributed by atoms with van der Waals surface area (Å²) in [7, 11) is 0. The lowest BCUT2D eigenvalue weighted by molar-refractivity contribution is -0.141. The molecular weight excluding hydrogens is 696 g/mol. The van der Waals surface area contributed by atoms with Crippen LogP contribution in [0.15, 0.2) is 73.0 Å². The molecule has 3 saturated heterocycles. The minimum atomic E-state index is -0.820. The van der Waals surface area contributed by atoms with Gasteiger partial charge in [0.2, 0.25) is 0 Å². The Hall–Kier alpha value is -3.99. The molecular formula is C40H41ClN6O4S. The molecule has 268 valence electrons. The predicted octanol–water partition coefficient (Wildman–Crippen LogP) is 5.69. The Bertz CT molecular complexity index is 2110. The van der Waals surface area contributed by atoms with Crippen LogP contribution in [-0.2, 0) is 33.7 Å². The number of β-amino-alcohol motifs (C(OH)–C–C–N with tert-alkyl or cyclic N) is 1. The maximum atomic E-state index is 11.6. The van der Waals surface area contributed by atoms with Crippen LogP contribution in [0.5, 0.6) is 0 Å². The molecule has 4 aromatic rings. The molecule has 4 aliphatic rings. The maximum Gasteiger partial charge on any atom is 0.307 e. The summed E-state index contributed by atoms with van der Waals surface area (Å²) in [6, 6.07) is 18.5. The molecule has 52 heavy (non-hydrogen) atoms. The first-order valence-corrected chi connectivity index (χ1v) is 19.0. The molecule has 10 nitrogen and oxygen atoms in total. The molecule has 2 aromatic carbocycles. The SMILES string of the molecule is CC1C(c2ccccc2Cl)=CC=CC1(NC1(c2ccc(CN3CC[C@@H](O)C3)cn2)COC1)c1nc2cc(CN3CC[C@@H](C(=O)O)C3)cc(C#N)c2s1. The number of nitrogens with zero attached hydrogens (tertiary/aromatic N) is 5. The standard InChI is InChI=1S/C40H41ClN6O4S/c1-25-31(32-5-2-3-7-33(32)41)6-4-12-40(25,45-39(23-51-24-39)35-9-8-26(18-43-35)19-47-14-11-30(48)22-47)38-44-34-16-27(15-29(17-42)36(34)52-38)20-46-13-10-28(21-46)37(49)50/h2-9,12,15-16,18,25,28,30,45,48H,10-11,13-14,19-24H2,1H3,(H,49,50)/t25?,28-,30-,40?/m1/s1. The maximum absolute atomic E-state index is 11.6. The zero-order chi connectivity index (χ0) is 36.0. The van der Waals surface area contributed by atoms with Crippen molar-refractivity contribution in [2.45, 2.75) is 50.0 Å². The quantitative estimate of drug-likeness (QED) is 0.187. The molecule has 0 saturated carbocycles. The van der Waals surface area contributed by atoms with Gasteiger partial charge in [0.15, 0.2) is 0 Å². The minimum absolute atomic E-state index is 0.140. The first-order valence-electron chi connectivity index (χ1n) is 17.8. The Kier molecular flexibility index (Phi) is 9.51. The number of aliphatic hydroxyl groups excluding tert-OH is 1. The van der Waals surface area contributed by atoms with Crippen molar-refractivity contribution in [1.29, 1.82) is 5.26 Å². The van der Waals surface area contributed by atoms with Crippen molar-refractivity contribution in [1.82, 2.24) is 25.1 Å². The lowest BCUT2D eigenvalue weighted by atomic mass is 9.72. The Labute approximate surface area is 312 Å². The summed E-state index contributed by atoms with van der Waals surface area (Å²) in [5, 5.41) is 35.4. The minimum Gasteiger partial charge on any atom is -0.481 e. The molecule has 0 amide bonds. The number of carboxylic acid groups (broad SMARTS) is 1. The van der Waals surface area contributed by atoms with Crippen LogP contribution in [0, 0.1) is 23.2 Å². The van der Waals surface area contributed by atoms with E-state index in [-0.39, 0.29) is 17.9 Å². The number of pyridine rings is 1. The molecule has 4 atom stereocenters. The van der Waals surface area contributed by atoms with Crippen LogP contribution in [0.1, 0.15) is 52.7 Å². The first kappa shape index (κ1) is 35.1. The topological polar surface area (TPSA) is 135 Å². The second-order valence-corrected chi connectivity index (χ2v) is 16.1. The third-order valence-electron chi connectivity index (χ3n) is 11.1. The van der Waals surface area contributed by atoms with Gasteiger partial charge in [0.1, 0.15) is 16.6 Å². The van der Waals surface area contributed by atoms with Gasteiger partial charge < -0.3 is 14.9 Å². The van der Waals surface area contributed by atoms with Crippen LogP contribution >= 0.6 is 22.9 Å². The van der Waals surface area contributed by atoms with E-state index in [4.69, 9.17) is 26.3 Å². The van der Waals surface area contributed by atoms with E-state index in [1.165, 1.54) is 11.3 Å². The number of nitriles is 1. The summed E-state index contributed by atoms with van der Waals surface area (Å²) in [5.41, 5.74) is 4.79. The molecule has 2 unspecified atom stereocenters. The van der Waals surface area contributed by atoms with Crippen molar-refractivity contribution in [2.75, 3.05) is 39.4 Å². The average Bonchev–Trinajstić information content (AvgIpc) is 3.88. The zero-order valence-corrected chi connectivity index (χ0v) is 30.5. The number of benzene rings is 2. The number of allylic oxidation sites excluding steroid dienone is 2. The molecule has 3 aliphatic heterocycles. The van der Waals surface area contributed by atoms with Crippen molar-refractivity contribution in [3.05, 3.63) is 111 Å². The number of nitrogens with one attached hydrogen (secondary N) is 1. The van der Waals surface area contributed by atoms with Crippen molar-refractivity contribution in [2.24, 2.45) is 11.8 Å². The number of carboxylic acids is 1. The highest BCUT2D eigenvalue weighted by atomic mass is 35.5. The number of aliphatic hydroxyl groups is 1. The van der Waals surface area contributed by atoms with Crippen molar-refractivity contribution in [3.8, 4) is 6.07 Å². The van der Waals surface area contributed by atoms with Gasteiger partial charge in [0.05, 0.1) is 52.2 Å². The van der Waals surface area contributed by atoms with Gasteiger partial charge in [-0.25, -0.2) is 4.98 Å². The molecule has 12 heteroatoms. The number of ether oxygens (including phenoxy) is 1. The summed E-state index contributed by atoms with van der Waals surface area (Å²) in [5.74, 6) is -1.27. The van der Waals surface area contributed by atoms with E-state index in [1.54, 1.807) is 0 Å². The highest BCUT2D eigenvalue weighted by molar-refractivity contribution is 7.19. The van der Waals surface area contributed by atoms with Crippen LogP contribution < -0.4 is 5.32 Å². The van der Waals surface area contributed by atoms with E-state index < -0.39 is 17.0 Å². The summed E-state index contributed by atoms with van der Waals surface area (Å²) >= 11 is 8.33. The van der Waals surface area contributed by atoms with Gasteiger partial charge in [0, 0.05) is 49.9 Å². The van der Waals surface area contributed by atoms with Crippen LogP contribution in [0.4, 0.5) is 0 Å². The molecule has 3 fully saturated rings. The second kappa shape index (κ2) is 14.1. The Morgan fingerprint density at radius 1 is 1.12 bits per heavy atom. The molecule has 0 bridgehead atoms. The lowest BCUT2D eigenvalue weighted by Crippen LogP contribution is -2.65. The summed E-state index contributed by atoms with van der Waals surface area (Å²) < 4.78 is 6.74. The number of aromatic nitrogens is 2. The number of rotatable bonds is 10. The zero-order valence-electron chi connectivity index (χ0n) is 29.0. The van der Waals surface area contributed by atoms with Gasteiger partial charge in [-0.15, -0.1) is 11.3 Å². The van der Waals surface area contributed by atoms with Gasteiger partial charge in [-0.3, -0.25) is 24.9 Å². The summed E-state index contributed by atoms with van der Waals surface area (Å²) in [6.45, 7) is 7.08. The predicted molar refractivity (Wildman–Crippen MR) is 201 cm³/mol. The fraction of sp³-hybridized carbons (Fsp3) is 0.400. The summed E-state index contributed by atoms with van der Waals surface area (Å²) in [6.07, 6.45) is 9.43. The van der Waals surface area contributed by atoms with Crippen LogP contribution in [-0.4, -0.2) is 81.4 Å². The number of thiazole rings is 1. The largest absolute Gasteiger partial charge is 0.481 e. The van der Waals surface area contributed by atoms with Crippen molar-refractivity contribution >= 4 is 44.7 Å². The van der Waals surface area contributed by atoms with Crippen LogP contribution in [0.25, 0.3) is 15.8 Å². The third kappa shape index (κ3) is 6.47. The molecule has 5 heterocycles. The van der Waals surface area contributed by atoms with Crippen LogP contribution in [0.3, 0.4) is 0 Å². The molecule has 1 aliphatic carbocycles. The van der Waals surface area contributed by atoms with Crippen molar-refractivity contribution in [3.63, 3.8) is 0 Å². The Balaban J connectivity index is 1.17.